The molecule has 1 saturated heterocycles. The summed E-state index contributed by atoms with van der Waals surface area (Å²) in [5.74, 6) is -0.122. The highest BCUT2D eigenvalue weighted by Crippen LogP contribution is 2.56. The normalized spacial score (nSPS) is 24.0. The van der Waals surface area contributed by atoms with Crippen LogP contribution in [0.4, 0.5) is 4.79 Å². The molecule has 2 aromatic rings. The summed E-state index contributed by atoms with van der Waals surface area (Å²) in [6.07, 6.45) is -0.387. The van der Waals surface area contributed by atoms with Crippen LogP contribution < -0.4 is 10.6 Å². The van der Waals surface area contributed by atoms with Crippen molar-refractivity contribution in [2.24, 2.45) is 11.0 Å². The number of hydrazone groups is 1. The zero-order valence-corrected chi connectivity index (χ0v) is 17.5. The molecule has 7 heteroatoms. The lowest BCUT2D eigenvalue weighted by Gasteiger charge is -2.40. The van der Waals surface area contributed by atoms with Crippen LogP contribution in [-0.2, 0) is 14.0 Å². The quantitative estimate of drug-likeness (QED) is 0.720. The number of benzene rings is 2. The summed E-state index contributed by atoms with van der Waals surface area (Å²) in [5, 5.41) is 7.39. The van der Waals surface area contributed by atoms with Crippen LogP contribution in [0.2, 0.25) is 0 Å². The highest BCUT2D eigenvalue weighted by molar-refractivity contribution is 7.80. The third kappa shape index (κ3) is 3.41. The average Bonchev–Trinajstić information content (AvgIpc) is 3.23. The number of ether oxygens (including phenoxy) is 2. The van der Waals surface area contributed by atoms with Gasteiger partial charge in [-0.1, -0.05) is 60.7 Å². The maximum atomic E-state index is 14.9. The number of rotatable bonds is 4. The first kappa shape index (κ1) is 19.9. The molecule has 29 heavy (non-hydrogen) atoms. The Bertz CT molecular complexity index is 904. The van der Waals surface area contributed by atoms with Crippen molar-refractivity contribution in [1.29, 1.82) is 0 Å². The van der Waals surface area contributed by atoms with Gasteiger partial charge in [-0.15, -0.1) is 0 Å². The van der Waals surface area contributed by atoms with Gasteiger partial charge in [0, 0.05) is 28.8 Å². The summed E-state index contributed by atoms with van der Waals surface area (Å²) in [4.78, 5) is 12.4. The van der Waals surface area contributed by atoms with Gasteiger partial charge in [0.15, 0.2) is 13.4 Å². The number of amides is 1. The number of carbonyl (C=O) groups is 1. The number of nitrogens with zero attached hydrogens (tertiary/aromatic N) is 2. The number of fused-ring (bicyclic) bond motifs is 1. The Hall–Kier alpha value is -2.43. The summed E-state index contributed by atoms with van der Waals surface area (Å²) in [7, 11) is -3.09. The first-order chi connectivity index (χ1) is 14.1. The minimum atomic E-state index is -3.09. The maximum Gasteiger partial charge on any atom is 0.432 e. The van der Waals surface area contributed by atoms with Crippen LogP contribution in [-0.4, -0.2) is 41.9 Å². The third-order valence-corrected chi connectivity index (χ3v) is 9.24. The largest absolute Gasteiger partial charge is 0.448 e. The second-order valence-corrected chi connectivity index (χ2v) is 10.2. The van der Waals surface area contributed by atoms with Crippen molar-refractivity contribution in [3.63, 3.8) is 0 Å². The van der Waals surface area contributed by atoms with Gasteiger partial charge >= 0.3 is 6.09 Å². The van der Waals surface area contributed by atoms with Crippen LogP contribution in [0.15, 0.2) is 65.8 Å². The van der Waals surface area contributed by atoms with Crippen LogP contribution in [0.25, 0.3) is 0 Å². The van der Waals surface area contributed by atoms with Crippen LogP contribution in [0.3, 0.4) is 0 Å². The molecule has 6 nitrogen and oxygen atoms in total. The fourth-order valence-electron chi connectivity index (χ4n) is 4.39. The van der Waals surface area contributed by atoms with E-state index in [0.29, 0.717) is 18.7 Å². The second-order valence-electron chi connectivity index (χ2n) is 7.27. The molecule has 2 heterocycles. The van der Waals surface area contributed by atoms with Crippen LogP contribution >= 0.6 is 7.14 Å². The van der Waals surface area contributed by atoms with Crippen molar-refractivity contribution >= 4 is 29.6 Å². The smallest absolute Gasteiger partial charge is 0.432 e. The van der Waals surface area contributed by atoms with E-state index in [1.807, 2.05) is 67.6 Å². The van der Waals surface area contributed by atoms with E-state index in [9.17, 15) is 9.36 Å². The molecule has 0 N–H and O–H groups in total. The van der Waals surface area contributed by atoms with Gasteiger partial charge in [-0.3, -0.25) is 0 Å². The van der Waals surface area contributed by atoms with Crippen LogP contribution in [0.1, 0.15) is 20.3 Å². The summed E-state index contributed by atoms with van der Waals surface area (Å²) >= 11 is 0. The topological polar surface area (TPSA) is 68.2 Å². The fraction of sp³-hybridized carbons (Fsp3) is 0.364. The van der Waals surface area contributed by atoms with Crippen molar-refractivity contribution < 1.29 is 18.8 Å². The molecule has 0 aromatic heterocycles. The van der Waals surface area contributed by atoms with E-state index in [1.165, 1.54) is 5.01 Å². The standard InChI is InChI=1S/C22H25N2O4P/c1-3-27-22(25)24-21-19(14-15-28-21)20(16(2)23-24)29(26,17-10-6-4-7-11-17)18-12-8-5-9-13-18/h4-13,19-21H,3,14-15H2,1-2H3/t19-,20+,21-/m1/s1. The third-order valence-electron chi connectivity index (χ3n) is 5.57. The summed E-state index contributed by atoms with van der Waals surface area (Å²) in [6, 6.07) is 19.2. The van der Waals surface area contributed by atoms with Crippen LogP contribution in [0, 0.1) is 5.92 Å². The van der Waals surface area contributed by atoms with Gasteiger partial charge in [0.25, 0.3) is 0 Å². The molecule has 0 spiro atoms. The molecular formula is C22H25N2O4P. The van der Waals surface area contributed by atoms with Gasteiger partial charge in [-0.2, -0.15) is 10.1 Å². The Balaban J connectivity index is 1.86. The molecule has 3 atom stereocenters. The molecule has 0 bridgehead atoms. The van der Waals surface area contributed by atoms with E-state index in [1.54, 1.807) is 6.92 Å². The van der Waals surface area contributed by atoms with E-state index in [4.69, 9.17) is 9.47 Å². The monoisotopic (exact) mass is 412 g/mol. The Morgan fingerprint density at radius 2 is 1.72 bits per heavy atom. The van der Waals surface area contributed by atoms with Crippen LogP contribution in [0.5, 0.6) is 0 Å². The molecule has 2 aromatic carbocycles. The molecule has 1 amide bonds. The molecule has 0 saturated carbocycles. The van der Waals surface area contributed by atoms with Gasteiger partial charge < -0.3 is 14.0 Å². The number of carbonyl (C=O) groups excluding carboxylic acids is 1. The number of hydrogen-bond donors (Lipinski definition) is 0. The molecule has 152 valence electrons. The fourth-order valence-corrected chi connectivity index (χ4v) is 7.97. The molecule has 1 fully saturated rings. The molecule has 2 aliphatic heterocycles. The van der Waals surface area contributed by atoms with Gasteiger partial charge in [-0.05, 0) is 20.3 Å². The molecule has 2 aliphatic rings. The predicted octanol–water partition coefficient (Wildman–Crippen LogP) is 3.58. The van der Waals surface area contributed by atoms with Gasteiger partial charge in [0.05, 0.1) is 12.3 Å². The lowest BCUT2D eigenvalue weighted by Crippen LogP contribution is -2.51. The van der Waals surface area contributed by atoms with Crippen molar-refractivity contribution in [1.82, 2.24) is 5.01 Å². The van der Waals surface area contributed by atoms with Crippen molar-refractivity contribution in [2.45, 2.75) is 32.2 Å². The lowest BCUT2D eigenvalue weighted by atomic mass is 9.97. The first-order valence-corrected chi connectivity index (χ1v) is 11.7. The Morgan fingerprint density at radius 1 is 1.14 bits per heavy atom. The van der Waals surface area contributed by atoms with Crippen molar-refractivity contribution in [3.05, 3.63) is 60.7 Å². The van der Waals surface area contributed by atoms with Crippen molar-refractivity contribution in [2.75, 3.05) is 13.2 Å². The van der Waals surface area contributed by atoms with Gasteiger partial charge in [-0.25, -0.2) is 4.79 Å². The minimum Gasteiger partial charge on any atom is -0.448 e. The molecule has 0 unspecified atom stereocenters. The zero-order chi connectivity index (χ0) is 20.4. The Morgan fingerprint density at radius 3 is 2.28 bits per heavy atom. The molecular weight excluding hydrogens is 387 g/mol. The highest BCUT2D eigenvalue weighted by Gasteiger charge is 2.53. The van der Waals surface area contributed by atoms with E-state index < -0.39 is 19.5 Å². The summed E-state index contributed by atoms with van der Waals surface area (Å²) in [5.41, 5.74) is 0.325. The molecule has 0 aliphatic carbocycles. The van der Waals surface area contributed by atoms with E-state index >= 15 is 0 Å². The summed E-state index contributed by atoms with van der Waals surface area (Å²) in [6.45, 7) is 4.36. The molecule has 0 radical (unpaired) electrons. The second kappa shape index (κ2) is 8.13. The van der Waals surface area contributed by atoms with E-state index in [2.05, 4.69) is 5.10 Å². The Labute approximate surface area is 170 Å². The van der Waals surface area contributed by atoms with E-state index in [-0.39, 0.29) is 18.2 Å². The molecule has 4 rings (SSSR count). The number of hydrogen-bond acceptors (Lipinski definition) is 5. The summed E-state index contributed by atoms with van der Waals surface area (Å²) < 4.78 is 25.9. The Kier molecular flexibility index (Phi) is 5.57. The van der Waals surface area contributed by atoms with Gasteiger partial charge in [0.2, 0.25) is 0 Å². The van der Waals surface area contributed by atoms with Gasteiger partial charge in [0.1, 0.15) is 0 Å². The lowest BCUT2D eigenvalue weighted by molar-refractivity contribution is -0.0388. The first-order valence-electron chi connectivity index (χ1n) is 9.91. The van der Waals surface area contributed by atoms with E-state index in [0.717, 1.165) is 10.6 Å². The van der Waals surface area contributed by atoms with Crippen molar-refractivity contribution in [3.8, 4) is 0 Å². The SMILES string of the molecule is CCOC(=O)N1N=C(C)[C@H](P(=O)(c2ccccc2)c2ccccc2)[C@H]2CCO[C@H]21. The average molecular weight is 412 g/mol. The predicted molar refractivity (Wildman–Crippen MR) is 113 cm³/mol. The zero-order valence-electron chi connectivity index (χ0n) is 16.6. The maximum absolute atomic E-state index is 14.9. The minimum absolute atomic E-state index is 0.122. The highest BCUT2D eigenvalue weighted by atomic mass is 31.2.